The second-order valence-electron chi connectivity index (χ2n) is 6.48. The van der Waals surface area contributed by atoms with Gasteiger partial charge < -0.3 is 5.11 Å². The van der Waals surface area contributed by atoms with E-state index in [1.165, 1.54) is 4.31 Å². The van der Waals surface area contributed by atoms with Crippen LogP contribution < -0.4 is 0 Å². The molecule has 0 unspecified atom stereocenters. The van der Waals surface area contributed by atoms with E-state index in [-0.39, 0.29) is 17.2 Å². The largest absolute Gasteiger partial charge is 0.391 e. The third kappa shape index (κ3) is 2.89. The summed E-state index contributed by atoms with van der Waals surface area (Å²) in [6.07, 6.45) is 1.48. The highest BCUT2D eigenvalue weighted by molar-refractivity contribution is 7.88. The Labute approximate surface area is 120 Å². The van der Waals surface area contributed by atoms with Crippen LogP contribution in [0.25, 0.3) is 0 Å². The SMILES string of the molecule is Cn1nccc1CS(=O)(=O)N1CC[C@@H](O)[C@H]1C(C)(C)C. The first-order chi connectivity index (χ1) is 9.13. The third-order valence-corrected chi connectivity index (χ3v) is 5.60. The fourth-order valence-electron chi connectivity index (χ4n) is 2.88. The highest BCUT2D eigenvalue weighted by Gasteiger charge is 2.46. The maximum absolute atomic E-state index is 12.6. The predicted molar refractivity (Wildman–Crippen MR) is 76.4 cm³/mol. The van der Waals surface area contributed by atoms with E-state index in [9.17, 15) is 13.5 Å². The Bertz CT molecular complexity index is 574. The lowest BCUT2D eigenvalue weighted by atomic mass is 9.84. The number of sulfonamides is 1. The second kappa shape index (κ2) is 5.13. The Balaban J connectivity index is 2.27. The molecular weight excluding hydrogens is 278 g/mol. The van der Waals surface area contributed by atoms with Crippen LogP contribution in [0.4, 0.5) is 0 Å². The van der Waals surface area contributed by atoms with Gasteiger partial charge in [-0.05, 0) is 17.9 Å². The number of aliphatic hydroxyl groups is 1. The summed E-state index contributed by atoms with van der Waals surface area (Å²) in [4.78, 5) is 0. The smallest absolute Gasteiger partial charge is 0.220 e. The van der Waals surface area contributed by atoms with Crippen molar-refractivity contribution in [2.24, 2.45) is 12.5 Å². The number of hydrogen-bond donors (Lipinski definition) is 1. The summed E-state index contributed by atoms with van der Waals surface area (Å²) in [6.45, 7) is 6.25. The van der Waals surface area contributed by atoms with Crippen molar-refractivity contribution in [3.05, 3.63) is 18.0 Å². The summed E-state index contributed by atoms with van der Waals surface area (Å²) in [5.74, 6) is -0.0806. The number of aromatic nitrogens is 2. The molecule has 0 bridgehead atoms. The minimum absolute atomic E-state index is 0.0806. The molecule has 0 saturated carbocycles. The van der Waals surface area contributed by atoms with E-state index in [0.717, 1.165) is 0 Å². The molecule has 2 rings (SSSR count). The van der Waals surface area contributed by atoms with E-state index >= 15 is 0 Å². The normalized spacial score (nSPS) is 25.2. The maximum atomic E-state index is 12.6. The highest BCUT2D eigenvalue weighted by Crippen LogP contribution is 2.35. The van der Waals surface area contributed by atoms with E-state index in [1.54, 1.807) is 24.0 Å². The van der Waals surface area contributed by atoms with E-state index in [4.69, 9.17) is 0 Å². The standard InChI is InChI=1S/C13H23N3O3S/c1-13(2,3)12-11(17)6-8-16(12)20(18,19)9-10-5-7-14-15(10)4/h5,7,11-12,17H,6,8-9H2,1-4H3/t11-,12+/m1/s1. The van der Waals surface area contributed by atoms with Crippen LogP contribution in [-0.4, -0.2) is 46.3 Å². The van der Waals surface area contributed by atoms with Crippen LogP contribution in [0.2, 0.25) is 0 Å². The lowest BCUT2D eigenvalue weighted by Gasteiger charge is -2.36. The topological polar surface area (TPSA) is 75.4 Å². The maximum Gasteiger partial charge on any atom is 0.220 e. The molecule has 2 heterocycles. The molecule has 0 amide bonds. The molecule has 0 radical (unpaired) electrons. The van der Waals surface area contributed by atoms with Crippen LogP contribution in [0.5, 0.6) is 0 Å². The van der Waals surface area contributed by atoms with Gasteiger partial charge in [0.15, 0.2) is 0 Å². The molecule has 20 heavy (non-hydrogen) atoms. The number of nitrogens with zero attached hydrogens (tertiary/aromatic N) is 3. The molecule has 2 atom stereocenters. The number of rotatable bonds is 3. The predicted octanol–water partition coefficient (Wildman–Crippen LogP) is 0.731. The van der Waals surface area contributed by atoms with Crippen molar-refractivity contribution in [1.82, 2.24) is 14.1 Å². The van der Waals surface area contributed by atoms with E-state index in [0.29, 0.717) is 18.7 Å². The first-order valence-electron chi connectivity index (χ1n) is 6.77. The zero-order valence-electron chi connectivity index (χ0n) is 12.4. The molecule has 7 heteroatoms. The van der Waals surface area contributed by atoms with Gasteiger partial charge in [-0.2, -0.15) is 9.40 Å². The molecule has 6 nitrogen and oxygen atoms in total. The zero-order chi connectivity index (χ0) is 15.1. The van der Waals surface area contributed by atoms with Gasteiger partial charge in [-0.1, -0.05) is 20.8 Å². The molecule has 1 fully saturated rings. The van der Waals surface area contributed by atoms with Crippen LogP contribution in [0.3, 0.4) is 0 Å². The van der Waals surface area contributed by atoms with Crippen LogP contribution >= 0.6 is 0 Å². The van der Waals surface area contributed by atoms with Gasteiger partial charge in [-0.15, -0.1) is 0 Å². The third-order valence-electron chi connectivity index (χ3n) is 3.82. The van der Waals surface area contributed by atoms with Crippen molar-refractivity contribution in [2.45, 2.75) is 45.1 Å². The summed E-state index contributed by atoms with van der Waals surface area (Å²) in [5, 5.41) is 14.1. The van der Waals surface area contributed by atoms with Crippen molar-refractivity contribution in [2.75, 3.05) is 6.54 Å². The van der Waals surface area contributed by atoms with Gasteiger partial charge in [-0.3, -0.25) is 4.68 Å². The van der Waals surface area contributed by atoms with Crippen LogP contribution in [-0.2, 0) is 22.8 Å². The van der Waals surface area contributed by atoms with Crippen molar-refractivity contribution in [3.8, 4) is 0 Å². The van der Waals surface area contributed by atoms with E-state index < -0.39 is 16.1 Å². The molecule has 1 aromatic heterocycles. The molecule has 1 saturated heterocycles. The Morgan fingerprint density at radius 1 is 1.45 bits per heavy atom. The highest BCUT2D eigenvalue weighted by atomic mass is 32.2. The minimum atomic E-state index is -3.46. The Morgan fingerprint density at radius 3 is 2.60 bits per heavy atom. The minimum Gasteiger partial charge on any atom is -0.391 e. The monoisotopic (exact) mass is 301 g/mol. The lowest BCUT2D eigenvalue weighted by molar-refractivity contribution is 0.0775. The molecule has 1 N–H and O–H groups in total. The van der Waals surface area contributed by atoms with Gasteiger partial charge in [0.05, 0.1) is 17.8 Å². The van der Waals surface area contributed by atoms with Crippen molar-refractivity contribution >= 4 is 10.0 Å². The fourth-order valence-corrected chi connectivity index (χ4v) is 4.89. The molecule has 0 spiro atoms. The molecule has 1 aliphatic heterocycles. The summed E-state index contributed by atoms with van der Waals surface area (Å²) in [5.41, 5.74) is 0.356. The van der Waals surface area contributed by atoms with Gasteiger partial charge in [0.1, 0.15) is 5.75 Å². The summed E-state index contributed by atoms with van der Waals surface area (Å²) in [6, 6.07) is 1.33. The average Bonchev–Trinajstić information content (AvgIpc) is 2.85. The molecule has 0 aromatic carbocycles. The van der Waals surface area contributed by atoms with Crippen molar-refractivity contribution in [1.29, 1.82) is 0 Å². The molecule has 0 aliphatic carbocycles. The average molecular weight is 301 g/mol. The first-order valence-corrected chi connectivity index (χ1v) is 8.38. The molecular formula is C13H23N3O3S. The van der Waals surface area contributed by atoms with Gasteiger partial charge >= 0.3 is 0 Å². The van der Waals surface area contributed by atoms with Gasteiger partial charge in [-0.25, -0.2) is 8.42 Å². The van der Waals surface area contributed by atoms with Crippen molar-refractivity contribution in [3.63, 3.8) is 0 Å². The van der Waals surface area contributed by atoms with Gasteiger partial charge in [0.2, 0.25) is 10.0 Å². The number of hydrogen-bond acceptors (Lipinski definition) is 4. The number of aliphatic hydroxyl groups excluding tert-OH is 1. The Hall–Kier alpha value is -0.920. The molecule has 114 valence electrons. The Kier molecular flexibility index (Phi) is 3.96. The van der Waals surface area contributed by atoms with E-state index in [2.05, 4.69) is 5.10 Å². The van der Waals surface area contributed by atoms with Gasteiger partial charge in [0.25, 0.3) is 0 Å². The van der Waals surface area contributed by atoms with Crippen LogP contribution in [0.1, 0.15) is 32.9 Å². The zero-order valence-corrected chi connectivity index (χ0v) is 13.3. The van der Waals surface area contributed by atoms with E-state index in [1.807, 2.05) is 20.8 Å². The van der Waals surface area contributed by atoms with Crippen LogP contribution in [0, 0.1) is 5.41 Å². The summed E-state index contributed by atoms with van der Waals surface area (Å²) < 4.78 is 28.3. The number of aryl methyl sites for hydroxylation is 1. The Morgan fingerprint density at radius 2 is 2.10 bits per heavy atom. The summed E-state index contributed by atoms with van der Waals surface area (Å²) >= 11 is 0. The van der Waals surface area contributed by atoms with Crippen LogP contribution in [0.15, 0.2) is 12.3 Å². The summed E-state index contributed by atoms with van der Waals surface area (Å²) in [7, 11) is -1.73. The molecule has 1 aromatic rings. The first kappa shape index (κ1) is 15.5. The fraction of sp³-hybridized carbons (Fsp3) is 0.769. The van der Waals surface area contributed by atoms with Gasteiger partial charge in [0, 0.05) is 19.8 Å². The second-order valence-corrected chi connectivity index (χ2v) is 8.40. The quantitative estimate of drug-likeness (QED) is 0.893. The van der Waals surface area contributed by atoms with Crippen molar-refractivity contribution < 1.29 is 13.5 Å². The lowest BCUT2D eigenvalue weighted by Crippen LogP contribution is -2.48. The molecule has 1 aliphatic rings.